The van der Waals surface area contributed by atoms with Gasteiger partial charge in [-0.25, -0.2) is 8.42 Å². The first-order valence-electron chi connectivity index (χ1n) is 8.80. The molecule has 2 N–H and O–H groups in total. The number of halogens is 1. The normalized spacial score (nSPS) is 16.3. The minimum atomic E-state index is -3.20. The second kappa shape index (κ2) is 10.8. The first-order chi connectivity index (χ1) is 12.3. The van der Waals surface area contributed by atoms with Crippen LogP contribution in [0.25, 0.3) is 0 Å². The van der Waals surface area contributed by atoms with E-state index >= 15 is 0 Å². The van der Waals surface area contributed by atoms with Gasteiger partial charge in [0.1, 0.15) is 5.75 Å². The monoisotopic (exact) mass is 420 g/mol. The summed E-state index contributed by atoms with van der Waals surface area (Å²) >= 11 is 0. The highest BCUT2D eigenvalue weighted by Gasteiger charge is 2.28. The highest BCUT2D eigenvalue weighted by molar-refractivity contribution is 7.90. The van der Waals surface area contributed by atoms with Crippen LogP contribution in [0, 0.1) is 5.92 Å². The van der Waals surface area contributed by atoms with Crippen molar-refractivity contribution in [3.05, 3.63) is 24.3 Å². The van der Waals surface area contributed by atoms with Crippen LogP contribution in [0.5, 0.6) is 5.75 Å². The Morgan fingerprint density at radius 2 is 1.89 bits per heavy atom. The molecule has 2 rings (SSSR count). The molecule has 0 bridgehead atoms. The smallest absolute Gasteiger partial charge is 0.239 e. The number of hydrogen-bond acceptors (Lipinski definition) is 6. The van der Waals surface area contributed by atoms with Gasteiger partial charge in [0.25, 0.3) is 0 Å². The van der Waals surface area contributed by atoms with E-state index in [1.165, 1.54) is 18.4 Å². The number of hydrogen-bond donors (Lipinski definition) is 1. The molecule has 0 aliphatic carbocycles. The SMILES string of the molecule is CN(CCCOc1ccc(S(C)(=O)=O)cc1)C(=O)C(N)C1CCOCC1.Cl. The minimum Gasteiger partial charge on any atom is -0.494 e. The van der Waals surface area contributed by atoms with Crippen molar-refractivity contribution in [2.45, 2.75) is 30.2 Å². The lowest BCUT2D eigenvalue weighted by molar-refractivity contribution is -0.133. The van der Waals surface area contributed by atoms with Gasteiger partial charge in [0.2, 0.25) is 5.91 Å². The molecule has 1 fully saturated rings. The largest absolute Gasteiger partial charge is 0.494 e. The van der Waals surface area contributed by atoms with Gasteiger partial charge in [0.05, 0.1) is 17.5 Å². The van der Waals surface area contributed by atoms with Crippen molar-refractivity contribution in [2.75, 3.05) is 39.7 Å². The van der Waals surface area contributed by atoms with E-state index in [0.717, 1.165) is 12.8 Å². The van der Waals surface area contributed by atoms with Gasteiger partial charge >= 0.3 is 0 Å². The fraction of sp³-hybridized carbons (Fsp3) is 0.611. The number of amides is 1. The molecule has 7 nitrogen and oxygen atoms in total. The lowest BCUT2D eigenvalue weighted by Crippen LogP contribution is -2.48. The predicted molar refractivity (Wildman–Crippen MR) is 106 cm³/mol. The third-order valence-electron chi connectivity index (χ3n) is 4.59. The van der Waals surface area contributed by atoms with Gasteiger partial charge in [-0.05, 0) is 49.4 Å². The number of rotatable bonds is 8. The molecule has 1 aromatic rings. The summed E-state index contributed by atoms with van der Waals surface area (Å²) in [5.74, 6) is 0.739. The maximum Gasteiger partial charge on any atom is 0.239 e. The highest BCUT2D eigenvalue weighted by Crippen LogP contribution is 2.19. The summed E-state index contributed by atoms with van der Waals surface area (Å²) in [6.45, 7) is 2.32. The number of benzene rings is 1. The third-order valence-corrected chi connectivity index (χ3v) is 5.72. The summed E-state index contributed by atoms with van der Waals surface area (Å²) in [4.78, 5) is 14.3. The summed E-state index contributed by atoms with van der Waals surface area (Å²) in [5.41, 5.74) is 6.11. The van der Waals surface area contributed by atoms with E-state index in [2.05, 4.69) is 0 Å². The summed E-state index contributed by atoms with van der Waals surface area (Å²) < 4.78 is 33.7. The average molecular weight is 421 g/mol. The van der Waals surface area contributed by atoms with E-state index in [1.807, 2.05) is 0 Å². The van der Waals surface area contributed by atoms with Gasteiger partial charge in [0.15, 0.2) is 9.84 Å². The van der Waals surface area contributed by atoms with Crippen molar-refractivity contribution in [2.24, 2.45) is 11.7 Å². The number of nitrogens with two attached hydrogens (primary N) is 1. The molecule has 0 radical (unpaired) electrons. The molecule has 1 saturated heterocycles. The Morgan fingerprint density at radius 3 is 2.44 bits per heavy atom. The second-order valence-electron chi connectivity index (χ2n) is 6.68. The van der Waals surface area contributed by atoms with Gasteiger partial charge in [-0.1, -0.05) is 0 Å². The van der Waals surface area contributed by atoms with Crippen LogP contribution in [0.1, 0.15) is 19.3 Å². The lowest BCUT2D eigenvalue weighted by atomic mass is 9.91. The van der Waals surface area contributed by atoms with Gasteiger partial charge in [-0.15, -0.1) is 12.4 Å². The van der Waals surface area contributed by atoms with Crippen LogP contribution in [0.3, 0.4) is 0 Å². The molecule has 154 valence electrons. The zero-order chi connectivity index (χ0) is 19.2. The van der Waals surface area contributed by atoms with E-state index in [9.17, 15) is 13.2 Å². The van der Waals surface area contributed by atoms with Crippen LogP contribution < -0.4 is 10.5 Å². The van der Waals surface area contributed by atoms with Crippen molar-refractivity contribution in [3.8, 4) is 5.75 Å². The van der Waals surface area contributed by atoms with Crippen molar-refractivity contribution in [1.82, 2.24) is 4.90 Å². The van der Waals surface area contributed by atoms with Crippen molar-refractivity contribution >= 4 is 28.2 Å². The van der Waals surface area contributed by atoms with E-state index in [4.69, 9.17) is 15.2 Å². The zero-order valence-corrected chi connectivity index (χ0v) is 17.4. The van der Waals surface area contributed by atoms with Crippen LogP contribution in [-0.4, -0.2) is 64.9 Å². The van der Waals surface area contributed by atoms with E-state index in [-0.39, 0.29) is 29.1 Å². The Labute approximate surface area is 167 Å². The molecule has 0 saturated carbocycles. The van der Waals surface area contributed by atoms with Crippen LogP contribution in [0.15, 0.2) is 29.2 Å². The van der Waals surface area contributed by atoms with Gasteiger partial charge < -0.3 is 20.1 Å². The first-order valence-corrected chi connectivity index (χ1v) is 10.7. The lowest BCUT2D eigenvalue weighted by Gasteiger charge is -2.29. The van der Waals surface area contributed by atoms with Crippen LogP contribution in [0.4, 0.5) is 0 Å². The van der Waals surface area contributed by atoms with Crippen LogP contribution in [-0.2, 0) is 19.4 Å². The quantitative estimate of drug-likeness (QED) is 0.640. The fourth-order valence-electron chi connectivity index (χ4n) is 2.92. The van der Waals surface area contributed by atoms with Crippen molar-refractivity contribution in [1.29, 1.82) is 0 Å². The maximum atomic E-state index is 12.4. The molecule has 1 heterocycles. The number of likely N-dealkylation sites (N-methyl/N-ethyl adjacent to an activating group) is 1. The van der Waals surface area contributed by atoms with E-state index < -0.39 is 15.9 Å². The first kappa shape index (κ1) is 23.7. The number of carbonyl (C=O) groups excluding carboxylic acids is 1. The molecular formula is C18H29ClN2O5S. The van der Waals surface area contributed by atoms with Gasteiger partial charge in [-0.2, -0.15) is 0 Å². The molecule has 9 heteroatoms. The zero-order valence-electron chi connectivity index (χ0n) is 15.8. The number of sulfone groups is 1. The minimum absolute atomic E-state index is 0. The van der Waals surface area contributed by atoms with Crippen LogP contribution in [0.2, 0.25) is 0 Å². The molecule has 0 aromatic heterocycles. The molecule has 0 spiro atoms. The summed E-state index contributed by atoms with van der Waals surface area (Å²) in [5, 5.41) is 0. The number of ether oxygens (including phenoxy) is 2. The molecule has 1 amide bonds. The summed E-state index contributed by atoms with van der Waals surface area (Å²) in [6.07, 6.45) is 3.48. The Bertz CT molecular complexity index is 690. The molecule has 1 aliphatic rings. The molecule has 27 heavy (non-hydrogen) atoms. The number of carbonyl (C=O) groups is 1. The summed E-state index contributed by atoms with van der Waals surface area (Å²) in [6, 6.07) is 5.83. The predicted octanol–water partition coefficient (Wildman–Crippen LogP) is 1.49. The standard InChI is InChI=1S/C18H28N2O5S.ClH/c1-20(18(21)17(19)14-8-12-24-13-9-14)10-3-11-25-15-4-6-16(7-5-15)26(2,22)23;/h4-7,14,17H,3,8-13,19H2,1-2H3;1H. The second-order valence-corrected chi connectivity index (χ2v) is 8.70. The van der Waals surface area contributed by atoms with E-state index in [0.29, 0.717) is 38.5 Å². The Kier molecular flexibility index (Phi) is 9.52. The average Bonchev–Trinajstić information content (AvgIpc) is 2.64. The molecule has 1 atom stereocenters. The Balaban J connectivity index is 0.00000364. The third kappa shape index (κ3) is 7.29. The highest BCUT2D eigenvalue weighted by atomic mass is 35.5. The van der Waals surface area contributed by atoms with Crippen molar-refractivity contribution in [3.63, 3.8) is 0 Å². The molecule has 1 unspecified atom stereocenters. The van der Waals surface area contributed by atoms with Gasteiger partial charge in [-0.3, -0.25) is 4.79 Å². The summed E-state index contributed by atoms with van der Waals surface area (Å²) in [7, 11) is -1.45. The Morgan fingerprint density at radius 1 is 1.30 bits per heavy atom. The maximum absolute atomic E-state index is 12.4. The molecule has 1 aromatic carbocycles. The fourth-order valence-corrected chi connectivity index (χ4v) is 3.55. The van der Waals surface area contributed by atoms with Crippen molar-refractivity contribution < 1.29 is 22.7 Å². The molecular weight excluding hydrogens is 392 g/mol. The number of nitrogens with zero attached hydrogens (tertiary/aromatic N) is 1. The van der Waals surface area contributed by atoms with Crippen LogP contribution >= 0.6 is 12.4 Å². The van der Waals surface area contributed by atoms with Gasteiger partial charge in [0, 0.05) is 33.1 Å². The topological polar surface area (TPSA) is 98.9 Å². The van der Waals surface area contributed by atoms with E-state index in [1.54, 1.807) is 24.1 Å². The Hall–Kier alpha value is -1.35. The molecule has 1 aliphatic heterocycles.